The molecule has 0 atom stereocenters. The van der Waals surface area contributed by atoms with Gasteiger partial charge in [0.05, 0.1) is 0 Å². The van der Waals surface area contributed by atoms with Crippen LogP contribution >= 0.6 is 0 Å². The minimum absolute atomic E-state index is 0.835. The Balaban J connectivity index is 2.50. The summed E-state index contributed by atoms with van der Waals surface area (Å²) >= 11 is 0. The molecule has 0 radical (unpaired) electrons. The van der Waals surface area contributed by atoms with E-state index in [1.54, 1.807) is 0 Å². The standard InChI is InChI=1S/C14H16N2/c1-16-10-4-5-11-8-9-14(15)13-7-3-2-6-12(11)13/h2-9,16H,10,15H2,1H3. The number of likely N-dealkylation sites (N-methyl/N-ethyl adjacent to an activating group) is 1. The van der Waals surface area contributed by atoms with Crippen molar-refractivity contribution in [3.8, 4) is 0 Å². The Kier molecular flexibility index (Phi) is 3.22. The SMILES string of the molecule is CNCC=Cc1ccc(N)c2ccccc12. The van der Waals surface area contributed by atoms with Gasteiger partial charge in [-0.1, -0.05) is 42.5 Å². The number of hydrogen-bond acceptors (Lipinski definition) is 2. The lowest BCUT2D eigenvalue weighted by molar-refractivity contribution is 0.922. The van der Waals surface area contributed by atoms with Crippen LogP contribution in [0.2, 0.25) is 0 Å². The molecule has 0 aliphatic rings. The molecule has 3 N–H and O–H groups in total. The highest BCUT2D eigenvalue weighted by molar-refractivity contribution is 5.98. The van der Waals surface area contributed by atoms with E-state index >= 15 is 0 Å². The zero-order valence-electron chi connectivity index (χ0n) is 9.40. The molecule has 0 fully saturated rings. The first-order valence-electron chi connectivity index (χ1n) is 5.41. The van der Waals surface area contributed by atoms with E-state index in [9.17, 15) is 0 Å². The lowest BCUT2D eigenvalue weighted by atomic mass is 10.0. The summed E-state index contributed by atoms with van der Waals surface area (Å²) in [6.45, 7) is 0.874. The average molecular weight is 212 g/mol. The maximum Gasteiger partial charge on any atom is 0.0394 e. The highest BCUT2D eigenvalue weighted by atomic mass is 14.8. The number of benzene rings is 2. The fourth-order valence-electron chi connectivity index (χ4n) is 1.79. The number of rotatable bonds is 3. The van der Waals surface area contributed by atoms with Crippen molar-refractivity contribution < 1.29 is 0 Å². The van der Waals surface area contributed by atoms with E-state index < -0.39 is 0 Å². The topological polar surface area (TPSA) is 38.0 Å². The van der Waals surface area contributed by atoms with Crippen LogP contribution < -0.4 is 11.1 Å². The third-order valence-corrected chi connectivity index (χ3v) is 2.61. The van der Waals surface area contributed by atoms with Crippen LogP contribution in [0.5, 0.6) is 0 Å². The maximum atomic E-state index is 5.94. The molecule has 0 aliphatic carbocycles. The maximum absolute atomic E-state index is 5.94. The Hall–Kier alpha value is -1.80. The van der Waals surface area contributed by atoms with E-state index in [2.05, 4.69) is 35.7 Å². The van der Waals surface area contributed by atoms with E-state index in [4.69, 9.17) is 5.73 Å². The van der Waals surface area contributed by atoms with E-state index in [-0.39, 0.29) is 0 Å². The molecule has 0 unspecified atom stereocenters. The first-order valence-corrected chi connectivity index (χ1v) is 5.41. The number of nitrogens with one attached hydrogen (secondary N) is 1. The first-order chi connectivity index (χ1) is 7.83. The predicted octanol–water partition coefficient (Wildman–Crippen LogP) is 2.65. The van der Waals surface area contributed by atoms with Gasteiger partial charge in [0.2, 0.25) is 0 Å². The Labute approximate surface area is 95.8 Å². The molecule has 0 heterocycles. The monoisotopic (exact) mass is 212 g/mol. The van der Waals surface area contributed by atoms with Gasteiger partial charge in [-0.25, -0.2) is 0 Å². The highest BCUT2D eigenvalue weighted by Crippen LogP contribution is 2.25. The first kappa shape index (κ1) is 10.7. The molecule has 0 bridgehead atoms. The van der Waals surface area contributed by atoms with Crippen LogP contribution in [0.3, 0.4) is 0 Å². The van der Waals surface area contributed by atoms with Gasteiger partial charge >= 0.3 is 0 Å². The zero-order chi connectivity index (χ0) is 11.4. The molecular weight excluding hydrogens is 196 g/mol. The van der Waals surface area contributed by atoms with E-state index in [1.807, 2.05) is 25.2 Å². The van der Waals surface area contributed by atoms with Crippen molar-refractivity contribution in [2.24, 2.45) is 0 Å². The molecule has 2 nitrogen and oxygen atoms in total. The molecule has 0 aromatic heterocycles. The molecule has 2 heteroatoms. The number of anilines is 1. The molecule has 2 aromatic carbocycles. The number of hydrogen-bond donors (Lipinski definition) is 2. The van der Waals surface area contributed by atoms with Crippen molar-refractivity contribution in [3.05, 3.63) is 48.0 Å². The van der Waals surface area contributed by atoms with Gasteiger partial charge < -0.3 is 11.1 Å². The van der Waals surface area contributed by atoms with Gasteiger partial charge in [-0.3, -0.25) is 0 Å². The van der Waals surface area contributed by atoms with Crippen molar-refractivity contribution in [3.63, 3.8) is 0 Å². The summed E-state index contributed by atoms with van der Waals surface area (Å²) in [6.07, 6.45) is 4.23. The molecule has 0 spiro atoms. The summed E-state index contributed by atoms with van der Waals surface area (Å²) in [5, 5.41) is 5.41. The van der Waals surface area contributed by atoms with Crippen LogP contribution in [0.25, 0.3) is 16.8 Å². The minimum Gasteiger partial charge on any atom is -0.398 e. The van der Waals surface area contributed by atoms with Crippen molar-refractivity contribution in [1.82, 2.24) is 5.32 Å². The van der Waals surface area contributed by atoms with E-state index in [0.29, 0.717) is 0 Å². The summed E-state index contributed by atoms with van der Waals surface area (Å²) in [5.41, 5.74) is 7.99. The quantitative estimate of drug-likeness (QED) is 0.768. The molecule has 0 aliphatic heterocycles. The lowest BCUT2D eigenvalue weighted by Gasteiger charge is -2.05. The molecule has 2 rings (SSSR count). The van der Waals surface area contributed by atoms with Crippen LogP contribution in [-0.2, 0) is 0 Å². The molecule has 0 amide bonds. The fraction of sp³-hybridized carbons (Fsp3) is 0.143. The third kappa shape index (κ3) is 2.07. The second-order valence-electron chi connectivity index (χ2n) is 3.75. The number of fused-ring (bicyclic) bond motifs is 1. The summed E-state index contributed by atoms with van der Waals surface area (Å²) < 4.78 is 0. The Morgan fingerprint density at radius 2 is 1.88 bits per heavy atom. The molecule has 2 aromatic rings. The van der Waals surface area contributed by atoms with Crippen molar-refractivity contribution in [2.45, 2.75) is 0 Å². The van der Waals surface area contributed by atoms with Gasteiger partial charge in [0.1, 0.15) is 0 Å². The smallest absolute Gasteiger partial charge is 0.0394 e. The van der Waals surface area contributed by atoms with Crippen molar-refractivity contribution in [1.29, 1.82) is 0 Å². The van der Waals surface area contributed by atoms with E-state index in [1.165, 1.54) is 10.9 Å². The fourth-order valence-corrected chi connectivity index (χ4v) is 1.79. The second-order valence-corrected chi connectivity index (χ2v) is 3.75. The molecule has 0 saturated heterocycles. The van der Waals surface area contributed by atoms with E-state index in [0.717, 1.165) is 17.6 Å². The van der Waals surface area contributed by atoms with Gasteiger partial charge in [-0.15, -0.1) is 0 Å². The van der Waals surface area contributed by atoms with Crippen LogP contribution in [0, 0.1) is 0 Å². The van der Waals surface area contributed by atoms with Crippen LogP contribution in [0.4, 0.5) is 5.69 Å². The van der Waals surface area contributed by atoms with Crippen molar-refractivity contribution >= 4 is 22.5 Å². The average Bonchev–Trinajstić information content (AvgIpc) is 2.33. The third-order valence-electron chi connectivity index (χ3n) is 2.61. The van der Waals surface area contributed by atoms with Gasteiger partial charge in [-0.05, 0) is 24.1 Å². The molecule has 82 valence electrons. The molecule has 0 saturated carbocycles. The highest BCUT2D eigenvalue weighted by Gasteiger charge is 2.00. The van der Waals surface area contributed by atoms with Gasteiger partial charge in [-0.2, -0.15) is 0 Å². The van der Waals surface area contributed by atoms with Crippen LogP contribution in [0.15, 0.2) is 42.5 Å². The normalized spacial score (nSPS) is 11.3. The van der Waals surface area contributed by atoms with Gasteiger partial charge in [0, 0.05) is 17.6 Å². The summed E-state index contributed by atoms with van der Waals surface area (Å²) in [6, 6.07) is 12.2. The van der Waals surface area contributed by atoms with Crippen molar-refractivity contribution in [2.75, 3.05) is 19.3 Å². The Morgan fingerprint density at radius 1 is 1.12 bits per heavy atom. The number of nitrogens with two attached hydrogens (primary N) is 1. The lowest BCUT2D eigenvalue weighted by Crippen LogP contribution is -2.03. The summed E-state index contributed by atoms with van der Waals surface area (Å²) in [4.78, 5) is 0. The largest absolute Gasteiger partial charge is 0.398 e. The minimum atomic E-state index is 0.835. The second kappa shape index (κ2) is 4.81. The Morgan fingerprint density at radius 3 is 2.62 bits per heavy atom. The molecule has 16 heavy (non-hydrogen) atoms. The van der Waals surface area contributed by atoms with Gasteiger partial charge in [0.15, 0.2) is 0 Å². The number of nitrogen functional groups attached to an aromatic ring is 1. The van der Waals surface area contributed by atoms with Crippen LogP contribution in [-0.4, -0.2) is 13.6 Å². The zero-order valence-corrected chi connectivity index (χ0v) is 9.40. The summed E-state index contributed by atoms with van der Waals surface area (Å²) in [5.74, 6) is 0. The molecular formula is C14H16N2. The van der Waals surface area contributed by atoms with Gasteiger partial charge in [0.25, 0.3) is 0 Å². The Bertz CT molecular complexity index is 515. The predicted molar refractivity (Wildman–Crippen MR) is 71.3 cm³/mol. The van der Waals surface area contributed by atoms with Crippen LogP contribution in [0.1, 0.15) is 5.56 Å². The summed E-state index contributed by atoms with van der Waals surface area (Å²) in [7, 11) is 1.94.